The molecule has 0 unspecified atom stereocenters. The number of nitrogens with zero attached hydrogens (tertiary/aromatic N) is 3. The molecule has 0 N–H and O–H groups in total. The van der Waals surface area contributed by atoms with Crippen LogP contribution < -0.4 is 9.64 Å². The molecule has 0 saturated heterocycles. The predicted molar refractivity (Wildman–Crippen MR) is 84.4 cm³/mol. The highest BCUT2D eigenvalue weighted by molar-refractivity contribution is 5.62. The van der Waals surface area contributed by atoms with Gasteiger partial charge in [-0.25, -0.2) is 4.98 Å². The summed E-state index contributed by atoms with van der Waals surface area (Å²) in [5, 5.41) is 0. The van der Waals surface area contributed by atoms with Gasteiger partial charge in [0.25, 0.3) is 0 Å². The molecular weight excluding hydrogens is 319 g/mol. The van der Waals surface area contributed by atoms with Crippen molar-refractivity contribution in [3.05, 3.63) is 42.1 Å². The van der Waals surface area contributed by atoms with Gasteiger partial charge in [-0.05, 0) is 37.8 Å². The van der Waals surface area contributed by atoms with Crippen molar-refractivity contribution in [2.45, 2.75) is 38.0 Å². The lowest BCUT2D eigenvalue weighted by Crippen LogP contribution is -2.20. The second-order valence-corrected chi connectivity index (χ2v) is 5.81. The maximum absolute atomic E-state index is 13.3. The second kappa shape index (κ2) is 6.67. The topological polar surface area (TPSA) is 38.2 Å². The van der Waals surface area contributed by atoms with E-state index < -0.39 is 11.7 Å². The summed E-state index contributed by atoms with van der Waals surface area (Å²) in [7, 11) is 1.55. The second-order valence-electron chi connectivity index (χ2n) is 5.81. The van der Waals surface area contributed by atoms with Crippen LogP contribution in [0.5, 0.6) is 6.01 Å². The molecule has 1 saturated carbocycles. The Morgan fingerprint density at radius 2 is 1.79 bits per heavy atom. The molecule has 1 aliphatic carbocycles. The number of anilines is 2. The lowest BCUT2D eigenvalue weighted by Gasteiger charge is -2.23. The van der Waals surface area contributed by atoms with E-state index in [-0.39, 0.29) is 17.9 Å². The summed E-state index contributed by atoms with van der Waals surface area (Å²) in [4.78, 5) is 9.21. The number of ether oxygens (including phenoxy) is 1. The van der Waals surface area contributed by atoms with E-state index in [1.54, 1.807) is 37.4 Å². The van der Waals surface area contributed by atoms with Crippen LogP contribution in [0.1, 0.15) is 31.2 Å². The maximum atomic E-state index is 13.3. The van der Waals surface area contributed by atoms with Crippen LogP contribution in [0.4, 0.5) is 24.7 Å². The fourth-order valence-electron chi connectivity index (χ4n) is 2.80. The fourth-order valence-corrected chi connectivity index (χ4v) is 2.80. The zero-order chi connectivity index (χ0) is 17.2. The molecule has 0 atom stereocenters. The lowest BCUT2D eigenvalue weighted by atomic mass is 10.2. The molecule has 1 fully saturated rings. The van der Waals surface area contributed by atoms with Crippen molar-refractivity contribution in [3.63, 3.8) is 0 Å². The van der Waals surface area contributed by atoms with Crippen molar-refractivity contribution in [1.29, 1.82) is 0 Å². The van der Waals surface area contributed by atoms with Crippen LogP contribution in [0.2, 0.25) is 0 Å². The summed E-state index contributed by atoms with van der Waals surface area (Å²) in [5.41, 5.74) is -0.277. The molecule has 1 aromatic carbocycles. The molecule has 24 heavy (non-hydrogen) atoms. The first-order valence-electron chi connectivity index (χ1n) is 7.85. The first-order chi connectivity index (χ1) is 11.4. The lowest BCUT2D eigenvalue weighted by molar-refractivity contribution is -0.137. The first kappa shape index (κ1) is 16.5. The highest BCUT2D eigenvalue weighted by Gasteiger charge is 2.37. The quantitative estimate of drug-likeness (QED) is 0.818. The number of rotatable bonds is 4. The number of hydrogen-bond acceptors (Lipinski definition) is 4. The average molecular weight is 337 g/mol. The number of halogens is 3. The molecule has 1 heterocycles. The molecule has 128 valence electrons. The normalized spacial score (nSPS) is 15.5. The molecule has 0 aliphatic heterocycles. The molecule has 3 rings (SSSR count). The summed E-state index contributed by atoms with van der Waals surface area (Å²) in [6, 6.07) is 8.76. The average Bonchev–Trinajstić information content (AvgIpc) is 3.07. The van der Waals surface area contributed by atoms with Crippen molar-refractivity contribution < 1.29 is 17.9 Å². The minimum atomic E-state index is -4.54. The van der Waals surface area contributed by atoms with Gasteiger partial charge in [0.1, 0.15) is 11.7 Å². The Morgan fingerprint density at radius 3 is 2.42 bits per heavy atom. The fraction of sp³-hybridized carbons (Fsp3) is 0.412. The van der Waals surface area contributed by atoms with Crippen LogP contribution in [0.3, 0.4) is 0 Å². The van der Waals surface area contributed by atoms with E-state index in [0.29, 0.717) is 5.69 Å². The van der Waals surface area contributed by atoms with E-state index in [2.05, 4.69) is 9.97 Å². The standard InChI is InChI=1S/C17H18F3N3O/c1-23(12-7-3-2-4-8-12)15-14(17(18,19)20)11-21-16(22-15)24-13-9-5-6-10-13/h2-4,7-8,11,13H,5-6,9-10H2,1H3. The molecule has 4 nitrogen and oxygen atoms in total. The smallest absolute Gasteiger partial charge is 0.421 e. The molecule has 0 radical (unpaired) electrons. The Labute approximate surface area is 138 Å². The van der Waals surface area contributed by atoms with E-state index >= 15 is 0 Å². The van der Waals surface area contributed by atoms with E-state index in [4.69, 9.17) is 4.74 Å². The van der Waals surface area contributed by atoms with Crippen LogP contribution in [-0.4, -0.2) is 23.1 Å². The van der Waals surface area contributed by atoms with Gasteiger partial charge >= 0.3 is 12.2 Å². The Morgan fingerprint density at radius 1 is 1.12 bits per heavy atom. The predicted octanol–water partition coefficient (Wildman–Crippen LogP) is 4.58. The minimum Gasteiger partial charge on any atom is -0.460 e. The van der Waals surface area contributed by atoms with Gasteiger partial charge in [0.05, 0.1) is 0 Å². The highest BCUT2D eigenvalue weighted by atomic mass is 19.4. The third kappa shape index (κ3) is 3.60. The van der Waals surface area contributed by atoms with Crippen LogP contribution >= 0.6 is 0 Å². The van der Waals surface area contributed by atoms with Crippen molar-refractivity contribution in [3.8, 4) is 6.01 Å². The maximum Gasteiger partial charge on any atom is 0.421 e. The Hall–Kier alpha value is -2.31. The van der Waals surface area contributed by atoms with E-state index in [0.717, 1.165) is 31.9 Å². The van der Waals surface area contributed by atoms with E-state index in [9.17, 15) is 13.2 Å². The molecule has 7 heteroatoms. The molecule has 0 amide bonds. The zero-order valence-corrected chi connectivity index (χ0v) is 13.3. The third-order valence-electron chi connectivity index (χ3n) is 4.09. The summed E-state index contributed by atoms with van der Waals surface area (Å²) < 4.78 is 45.6. The van der Waals surface area contributed by atoms with Crippen molar-refractivity contribution in [2.75, 3.05) is 11.9 Å². The van der Waals surface area contributed by atoms with Crippen molar-refractivity contribution >= 4 is 11.5 Å². The van der Waals surface area contributed by atoms with Crippen LogP contribution in [0, 0.1) is 0 Å². The van der Waals surface area contributed by atoms with Crippen LogP contribution in [0.25, 0.3) is 0 Å². The zero-order valence-electron chi connectivity index (χ0n) is 13.3. The van der Waals surface area contributed by atoms with E-state index in [1.807, 2.05) is 0 Å². The van der Waals surface area contributed by atoms with E-state index in [1.165, 1.54) is 4.90 Å². The molecule has 1 aromatic heterocycles. The van der Waals surface area contributed by atoms with Gasteiger partial charge in [-0.2, -0.15) is 18.2 Å². The van der Waals surface area contributed by atoms with Crippen molar-refractivity contribution in [2.24, 2.45) is 0 Å². The monoisotopic (exact) mass is 337 g/mol. The van der Waals surface area contributed by atoms with Gasteiger partial charge in [-0.15, -0.1) is 0 Å². The number of aromatic nitrogens is 2. The van der Waals surface area contributed by atoms with Gasteiger partial charge < -0.3 is 9.64 Å². The summed E-state index contributed by atoms with van der Waals surface area (Å²) in [5.74, 6) is -0.211. The van der Waals surface area contributed by atoms with Gasteiger partial charge in [0.15, 0.2) is 5.82 Å². The molecule has 0 spiro atoms. The Bertz CT molecular complexity index is 685. The number of para-hydroxylation sites is 1. The minimum absolute atomic E-state index is 0.00678. The number of benzene rings is 1. The van der Waals surface area contributed by atoms with Gasteiger partial charge in [0.2, 0.25) is 0 Å². The Balaban J connectivity index is 1.96. The molecule has 2 aromatic rings. The van der Waals surface area contributed by atoms with Gasteiger partial charge in [0, 0.05) is 18.9 Å². The SMILES string of the molecule is CN(c1ccccc1)c1nc(OC2CCCC2)ncc1C(F)(F)F. The number of hydrogen-bond donors (Lipinski definition) is 0. The summed E-state index contributed by atoms with van der Waals surface area (Å²) in [6.07, 6.45) is 0.125. The van der Waals surface area contributed by atoms with Crippen molar-refractivity contribution in [1.82, 2.24) is 9.97 Å². The van der Waals surface area contributed by atoms with Gasteiger partial charge in [-0.1, -0.05) is 18.2 Å². The van der Waals surface area contributed by atoms with Crippen LogP contribution in [-0.2, 0) is 6.18 Å². The highest BCUT2D eigenvalue weighted by Crippen LogP contribution is 2.38. The Kier molecular flexibility index (Phi) is 4.59. The summed E-state index contributed by atoms with van der Waals surface area (Å²) >= 11 is 0. The first-order valence-corrected chi connectivity index (χ1v) is 7.85. The summed E-state index contributed by atoms with van der Waals surface area (Å²) in [6.45, 7) is 0. The van der Waals surface area contributed by atoms with Crippen LogP contribution in [0.15, 0.2) is 36.5 Å². The van der Waals surface area contributed by atoms with Gasteiger partial charge in [-0.3, -0.25) is 0 Å². The third-order valence-corrected chi connectivity index (χ3v) is 4.09. The molecule has 1 aliphatic rings. The molecular formula is C17H18F3N3O. The molecule has 0 bridgehead atoms. The largest absolute Gasteiger partial charge is 0.460 e. The number of alkyl halides is 3.